The summed E-state index contributed by atoms with van der Waals surface area (Å²) in [6.07, 6.45) is -0.475. The lowest BCUT2D eigenvalue weighted by atomic mass is 9.92. The van der Waals surface area contributed by atoms with Crippen LogP contribution in [0.25, 0.3) is 0 Å². The Hall–Kier alpha value is -2.35. The van der Waals surface area contributed by atoms with Crippen LogP contribution < -0.4 is 5.32 Å². The SMILES string of the molecule is O=C(O)CC(CC(=O)Nc1nncs1)c1ccccc1F. The number of anilines is 1. The Kier molecular flexibility index (Phi) is 4.94. The normalized spacial score (nSPS) is 11.9. The van der Waals surface area contributed by atoms with E-state index in [2.05, 4.69) is 15.5 Å². The maximum absolute atomic E-state index is 13.8. The summed E-state index contributed by atoms with van der Waals surface area (Å²) in [5.74, 6) is -2.78. The van der Waals surface area contributed by atoms with Gasteiger partial charge in [-0.1, -0.05) is 29.5 Å². The van der Waals surface area contributed by atoms with Crippen LogP contribution in [0.15, 0.2) is 29.8 Å². The van der Waals surface area contributed by atoms with Gasteiger partial charge in [-0.05, 0) is 11.6 Å². The monoisotopic (exact) mass is 309 g/mol. The smallest absolute Gasteiger partial charge is 0.303 e. The molecule has 1 unspecified atom stereocenters. The van der Waals surface area contributed by atoms with E-state index < -0.39 is 23.6 Å². The van der Waals surface area contributed by atoms with Gasteiger partial charge in [-0.25, -0.2) is 4.39 Å². The van der Waals surface area contributed by atoms with E-state index in [1.54, 1.807) is 6.07 Å². The third-order valence-electron chi connectivity index (χ3n) is 2.80. The molecule has 1 aromatic carbocycles. The fourth-order valence-electron chi connectivity index (χ4n) is 1.93. The van der Waals surface area contributed by atoms with Crippen molar-refractivity contribution in [3.63, 3.8) is 0 Å². The average molecular weight is 309 g/mol. The van der Waals surface area contributed by atoms with Gasteiger partial charge in [0.05, 0.1) is 6.42 Å². The Morgan fingerprint density at radius 1 is 1.33 bits per heavy atom. The molecular formula is C13H12FN3O3S. The largest absolute Gasteiger partial charge is 0.481 e. The topological polar surface area (TPSA) is 92.2 Å². The zero-order valence-electron chi connectivity index (χ0n) is 10.8. The predicted octanol–water partition coefficient (Wildman–Crippen LogP) is 2.26. The number of carbonyl (C=O) groups is 2. The summed E-state index contributed by atoms with van der Waals surface area (Å²) in [5.41, 5.74) is 1.67. The van der Waals surface area contributed by atoms with Crippen molar-refractivity contribution in [1.82, 2.24) is 10.2 Å². The van der Waals surface area contributed by atoms with Crippen LogP contribution in [0.5, 0.6) is 0 Å². The molecule has 2 rings (SSSR count). The number of benzene rings is 1. The number of carboxylic acid groups (broad SMARTS) is 1. The summed E-state index contributed by atoms with van der Waals surface area (Å²) in [6.45, 7) is 0. The molecule has 0 aliphatic heterocycles. The Morgan fingerprint density at radius 3 is 2.71 bits per heavy atom. The molecular weight excluding hydrogens is 297 g/mol. The molecule has 0 aliphatic carbocycles. The first-order valence-corrected chi connectivity index (χ1v) is 6.96. The molecule has 0 radical (unpaired) electrons. The Bertz CT molecular complexity index is 633. The fourth-order valence-corrected chi connectivity index (χ4v) is 2.39. The van der Waals surface area contributed by atoms with E-state index in [0.29, 0.717) is 5.13 Å². The second kappa shape index (κ2) is 6.89. The number of amides is 1. The van der Waals surface area contributed by atoms with Gasteiger partial charge in [0.25, 0.3) is 0 Å². The summed E-state index contributed by atoms with van der Waals surface area (Å²) >= 11 is 1.15. The highest BCUT2D eigenvalue weighted by Crippen LogP contribution is 2.26. The van der Waals surface area contributed by atoms with E-state index in [1.807, 2.05) is 0 Å². The van der Waals surface area contributed by atoms with Gasteiger partial charge in [-0.3, -0.25) is 9.59 Å². The van der Waals surface area contributed by atoms with Crippen molar-refractivity contribution in [2.45, 2.75) is 18.8 Å². The molecule has 8 heteroatoms. The van der Waals surface area contributed by atoms with E-state index in [4.69, 9.17) is 5.11 Å². The van der Waals surface area contributed by atoms with Gasteiger partial charge in [0.2, 0.25) is 11.0 Å². The number of nitrogens with one attached hydrogen (secondary N) is 1. The first-order chi connectivity index (χ1) is 10.1. The highest BCUT2D eigenvalue weighted by atomic mass is 32.1. The molecule has 1 aromatic heterocycles. The van der Waals surface area contributed by atoms with Crippen molar-refractivity contribution in [2.75, 3.05) is 5.32 Å². The van der Waals surface area contributed by atoms with Crippen LogP contribution in [0.4, 0.5) is 9.52 Å². The number of hydrogen-bond acceptors (Lipinski definition) is 5. The van der Waals surface area contributed by atoms with Gasteiger partial charge in [-0.15, -0.1) is 10.2 Å². The second-order valence-electron chi connectivity index (χ2n) is 4.31. The third kappa shape index (κ3) is 4.32. The number of halogens is 1. The predicted molar refractivity (Wildman–Crippen MR) is 74.5 cm³/mol. The van der Waals surface area contributed by atoms with E-state index in [-0.39, 0.29) is 18.4 Å². The van der Waals surface area contributed by atoms with Crippen LogP contribution >= 0.6 is 11.3 Å². The van der Waals surface area contributed by atoms with Gasteiger partial charge < -0.3 is 10.4 Å². The van der Waals surface area contributed by atoms with Crippen LogP contribution in [-0.4, -0.2) is 27.2 Å². The number of carbonyl (C=O) groups excluding carboxylic acids is 1. The van der Waals surface area contributed by atoms with Crippen LogP contribution in [0.2, 0.25) is 0 Å². The van der Waals surface area contributed by atoms with Crippen molar-refractivity contribution in [1.29, 1.82) is 0 Å². The molecule has 1 amide bonds. The van der Waals surface area contributed by atoms with Crippen molar-refractivity contribution in [2.24, 2.45) is 0 Å². The van der Waals surface area contributed by atoms with Gasteiger partial charge in [0, 0.05) is 12.3 Å². The number of aromatic nitrogens is 2. The molecule has 0 aliphatic rings. The van der Waals surface area contributed by atoms with E-state index in [1.165, 1.54) is 23.7 Å². The van der Waals surface area contributed by atoms with E-state index >= 15 is 0 Å². The summed E-state index contributed by atoms with van der Waals surface area (Å²) in [6, 6.07) is 5.85. The highest BCUT2D eigenvalue weighted by Gasteiger charge is 2.22. The molecule has 21 heavy (non-hydrogen) atoms. The lowest BCUT2D eigenvalue weighted by Gasteiger charge is -2.15. The molecule has 110 valence electrons. The lowest BCUT2D eigenvalue weighted by molar-refractivity contribution is -0.137. The maximum Gasteiger partial charge on any atom is 0.303 e. The average Bonchev–Trinajstić information content (AvgIpc) is 2.90. The Morgan fingerprint density at radius 2 is 2.10 bits per heavy atom. The minimum atomic E-state index is -1.09. The molecule has 0 saturated heterocycles. The second-order valence-corrected chi connectivity index (χ2v) is 5.15. The van der Waals surface area contributed by atoms with Crippen LogP contribution in [0, 0.1) is 5.82 Å². The molecule has 0 spiro atoms. The van der Waals surface area contributed by atoms with Gasteiger partial charge in [0.15, 0.2) is 0 Å². The van der Waals surface area contributed by atoms with Crippen LogP contribution in [-0.2, 0) is 9.59 Å². The molecule has 1 atom stereocenters. The molecule has 0 fully saturated rings. The zero-order chi connectivity index (χ0) is 15.2. The molecule has 0 saturated carbocycles. The van der Waals surface area contributed by atoms with Gasteiger partial charge >= 0.3 is 5.97 Å². The molecule has 6 nitrogen and oxygen atoms in total. The van der Waals surface area contributed by atoms with Crippen LogP contribution in [0.3, 0.4) is 0 Å². The summed E-state index contributed by atoms with van der Waals surface area (Å²) in [4.78, 5) is 22.8. The van der Waals surface area contributed by atoms with Crippen molar-refractivity contribution in [3.05, 3.63) is 41.2 Å². The Balaban J connectivity index is 2.11. The van der Waals surface area contributed by atoms with Gasteiger partial charge in [-0.2, -0.15) is 0 Å². The minimum Gasteiger partial charge on any atom is -0.481 e. The van der Waals surface area contributed by atoms with Crippen molar-refractivity contribution < 1.29 is 19.1 Å². The standard InChI is InChI=1S/C13H12FN3O3S/c14-10-4-2-1-3-9(10)8(6-12(19)20)5-11(18)16-13-17-15-7-21-13/h1-4,7-8H,5-6H2,(H,19,20)(H,16,17,18). The molecule has 2 aromatic rings. The zero-order valence-corrected chi connectivity index (χ0v) is 11.6. The third-order valence-corrected chi connectivity index (χ3v) is 3.41. The minimum absolute atomic E-state index is 0.146. The Labute approximate surface area is 123 Å². The first-order valence-electron chi connectivity index (χ1n) is 6.08. The van der Waals surface area contributed by atoms with Crippen molar-refractivity contribution in [3.8, 4) is 0 Å². The van der Waals surface area contributed by atoms with Crippen LogP contribution in [0.1, 0.15) is 24.3 Å². The molecule has 1 heterocycles. The van der Waals surface area contributed by atoms with E-state index in [0.717, 1.165) is 11.3 Å². The number of rotatable bonds is 6. The van der Waals surface area contributed by atoms with Gasteiger partial charge in [0.1, 0.15) is 11.3 Å². The molecule has 0 bridgehead atoms. The molecule has 2 N–H and O–H groups in total. The quantitative estimate of drug-likeness (QED) is 0.854. The summed E-state index contributed by atoms with van der Waals surface area (Å²) < 4.78 is 13.8. The number of nitrogens with zero attached hydrogens (tertiary/aromatic N) is 2. The fraction of sp³-hybridized carbons (Fsp3) is 0.231. The summed E-state index contributed by atoms with van der Waals surface area (Å²) in [7, 11) is 0. The summed E-state index contributed by atoms with van der Waals surface area (Å²) in [5, 5.41) is 19.0. The lowest BCUT2D eigenvalue weighted by Crippen LogP contribution is -2.18. The number of carboxylic acids is 1. The highest BCUT2D eigenvalue weighted by molar-refractivity contribution is 7.13. The van der Waals surface area contributed by atoms with Crippen molar-refractivity contribution >= 4 is 28.3 Å². The number of hydrogen-bond donors (Lipinski definition) is 2. The maximum atomic E-state index is 13.8. The van der Waals surface area contributed by atoms with E-state index in [9.17, 15) is 14.0 Å². The first kappa shape index (κ1) is 15.0. The number of aliphatic carboxylic acids is 1.